The zero-order valence-electron chi connectivity index (χ0n) is 15.0. The molecule has 0 spiro atoms. The van der Waals surface area contributed by atoms with Gasteiger partial charge in [0.1, 0.15) is 18.1 Å². The number of ether oxygens (including phenoxy) is 2. The Hall–Kier alpha value is -2.50. The summed E-state index contributed by atoms with van der Waals surface area (Å²) in [4.78, 5) is 12.4. The number of benzene rings is 1. The molecule has 134 valence electrons. The number of hydrogen-bond acceptors (Lipinski definition) is 4. The minimum Gasteiger partial charge on any atom is -0.497 e. The predicted octanol–water partition coefficient (Wildman–Crippen LogP) is 2.27. The van der Waals surface area contributed by atoms with Crippen LogP contribution in [0.3, 0.4) is 0 Å². The van der Waals surface area contributed by atoms with Gasteiger partial charge in [-0.3, -0.25) is 9.48 Å². The first-order valence-electron chi connectivity index (χ1n) is 8.65. The summed E-state index contributed by atoms with van der Waals surface area (Å²) in [6.45, 7) is 5.89. The minimum atomic E-state index is -0.144. The second kappa shape index (κ2) is 7.59. The SMILES string of the molecule is COc1ccc2c(c1)OC[C@H](C(=O)NCCCn1nc(C)cc1C)C2. The maximum Gasteiger partial charge on any atom is 0.226 e. The molecule has 1 amide bonds. The van der Waals surface area contributed by atoms with Crippen LogP contribution in [0.15, 0.2) is 24.3 Å². The highest BCUT2D eigenvalue weighted by Gasteiger charge is 2.26. The van der Waals surface area contributed by atoms with Gasteiger partial charge in [0, 0.05) is 24.8 Å². The number of methoxy groups -OCH3 is 1. The van der Waals surface area contributed by atoms with Crippen LogP contribution in [0.4, 0.5) is 0 Å². The molecule has 0 fully saturated rings. The van der Waals surface area contributed by atoms with Crippen LogP contribution in [-0.4, -0.2) is 35.9 Å². The molecule has 6 nitrogen and oxygen atoms in total. The number of amides is 1. The third-order valence-electron chi connectivity index (χ3n) is 4.50. The van der Waals surface area contributed by atoms with Gasteiger partial charge in [-0.25, -0.2) is 0 Å². The van der Waals surface area contributed by atoms with E-state index in [1.807, 2.05) is 36.7 Å². The number of nitrogens with zero attached hydrogens (tertiary/aromatic N) is 2. The second-order valence-electron chi connectivity index (χ2n) is 6.48. The van der Waals surface area contributed by atoms with Gasteiger partial charge in [-0.2, -0.15) is 5.10 Å². The fraction of sp³-hybridized carbons (Fsp3) is 0.474. The van der Waals surface area contributed by atoms with Crippen molar-refractivity contribution in [2.75, 3.05) is 20.3 Å². The lowest BCUT2D eigenvalue weighted by molar-refractivity contribution is -0.126. The molecule has 2 aromatic rings. The number of carbonyl (C=O) groups is 1. The van der Waals surface area contributed by atoms with Crippen LogP contribution in [0.25, 0.3) is 0 Å². The minimum absolute atomic E-state index is 0.0508. The quantitative estimate of drug-likeness (QED) is 0.817. The summed E-state index contributed by atoms with van der Waals surface area (Å²) in [5.74, 6) is 1.49. The summed E-state index contributed by atoms with van der Waals surface area (Å²) in [5, 5.41) is 7.45. The summed E-state index contributed by atoms with van der Waals surface area (Å²) in [7, 11) is 1.63. The Labute approximate surface area is 148 Å². The molecule has 1 N–H and O–H groups in total. The molecule has 0 radical (unpaired) electrons. The van der Waals surface area contributed by atoms with Crippen molar-refractivity contribution in [3.05, 3.63) is 41.2 Å². The van der Waals surface area contributed by atoms with Crippen molar-refractivity contribution < 1.29 is 14.3 Å². The van der Waals surface area contributed by atoms with E-state index < -0.39 is 0 Å². The number of aromatic nitrogens is 2. The zero-order chi connectivity index (χ0) is 17.8. The van der Waals surface area contributed by atoms with Gasteiger partial charge in [0.15, 0.2) is 0 Å². The molecule has 0 saturated heterocycles. The fourth-order valence-corrected chi connectivity index (χ4v) is 3.13. The van der Waals surface area contributed by atoms with Crippen molar-refractivity contribution in [3.8, 4) is 11.5 Å². The number of hydrogen-bond donors (Lipinski definition) is 1. The van der Waals surface area contributed by atoms with Crippen molar-refractivity contribution in [2.45, 2.75) is 33.2 Å². The summed E-state index contributed by atoms with van der Waals surface area (Å²) in [6, 6.07) is 7.80. The first kappa shape index (κ1) is 17.3. The molecule has 1 aliphatic rings. The molecule has 2 heterocycles. The normalized spacial score (nSPS) is 16.0. The van der Waals surface area contributed by atoms with Crippen molar-refractivity contribution >= 4 is 5.91 Å². The third-order valence-corrected chi connectivity index (χ3v) is 4.50. The zero-order valence-corrected chi connectivity index (χ0v) is 15.0. The van der Waals surface area contributed by atoms with Crippen molar-refractivity contribution in [1.82, 2.24) is 15.1 Å². The Morgan fingerprint density at radius 1 is 1.40 bits per heavy atom. The Kier molecular flexibility index (Phi) is 5.26. The summed E-state index contributed by atoms with van der Waals surface area (Å²) in [6.07, 6.45) is 1.55. The molecule has 1 aromatic carbocycles. The van der Waals surface area contributed by atoms with E-state index in [0.29, 0.717) is 19.6 Å². The molecule has 0 unspecified atom stereocenters. The number of aryl methyl sites for hydroxylation is 3. The average molecular weight is 343 g/mol. The van der Waals surface area contributed by atoms with Crippen LogP contribution in [0.5, 0.6) is 11.5 Å². The molecule has 1 aromatic heterocycles. The Morgan fingerprint density at radius 3 is 2.96 bits per heavy atom. The lowest BCUT2D eigenvalue weighted by Gasteiger charge is -2.25. The molecule has 1 aliphatic heterocycles. The maximum atomic E-state index is 12.4. The van der Waals surface area contributed by atoms with E-state index in [1.165, 1.54) is 0 Å². The molecule has 0 saturated carbocycles. The second-order valence-corrected chi connectivity index (χ2v) is 6.48. The lowest BCUT2D eigenvalue weighted by Crippen LogP contribution is -2.38. The third kappa shape index (κ3) is 4.13. The summed E-state index contributed by atoms with van der Waals surface area (Å²) < 4.78 is 12.9. The molecular formula is C19H25N3O3. The van der Waals surface area contributed by atoms with Crippen molar-refractivity contribution in [3.63, 3.8) is 0 Å². The van der Waals surface area contributed by atoms with E-state index in [0.717, 1.165) is 41.4 Å². The van der Waals surface area contributed by atoms with Gasteiger partial charge in [-0.15, -0.1) is 0 Å². The van der Waals surface area contributed by atoms with Crippen molar-refractivity contribution in [2.24, 2.45) is 5.92 Å². The molecule has 0 aliphatic carbocycles. The van der Waals surface area contributed by atoms with E-state index in [-0.39, 0.29) is 11.8 Å². The number of carbonyl (C=O) groups excluding carboxylic acids is 1. The highest BCUT2D eigenvalue weighted by molar-refractivity contribution is 5.79. The average Bonchev–Trinajstić information content (AvgIpc) is 2.94. The standard InChI is InChI=1S/C19H25N3O3/c1-13-9-14(2)22(21-13)8-4-7-20-19(23)16-10-15-5-6-17(24-3)11-18(15)25-12-16/h5-6,9,11,16H,4,7-8,10,12H2,1-3H3,(H,20,23)/t16-/m1/s1. The molecule has 6 heteroatoms. The van der Waals surface area contributed by atoms with E-state index in [1.54, 1.807) is 7.11 Å². The number of rotatable bonds is 6. The van der Waals surface area contributed by atoms with E-state index >= 15 is 0 Å². The summed E-state index contributed by atoms with van der Waals surface area (Å²) >= 11 is 0. The highest BCUT2D eigenvalue weighted by atomic mass is 16.5. The predicted molar refractivity (Wildman–Crippen MR) is 95.0 cm³/mol. The monoisotopic (exact) mass is 343 g/mol. The smallest absolute Gasteiger partial charge is 0.226 e. The van der Waals surface area contributed by atoms with Crippen LogP contribution < -0.4 is 14.8 Å². The topological polar surface area (TPSA) is 65.4 Å². The first-order chi connectivity index (χ1) is 12.1. The van der Waals surface area contributed by atoms with Gasteiger partial charge in [-0.1, -0.05) is 6.07 Å². The van der Waals surface area contributed by atoms with Gasteiger partial charge in [0.2, 0.25) is 5.91 Å². The van der Waals surface area contributed by atoms with E-state index in [9.17, 15) is 4.79 Å². The van der Waals surface area contributed by atoms with Crippen LogP contribution >= 0.6 is 0 Å². The fourth-order valence-electron chi connectivity index (χ4n) is 3.13. The molecule has 1 atom stereocenters. The number of fused-ring (bicyclic) bond motifs is 1. The summed E-state index contributed by atoms with van der Waals surface area (Å²) in [5.41, 5.74) is 3.22. The Bertz CT molecular complexity index is 754. The van der Waals surface area contributed by atoms with Crippen LogP contribution in [-0.2, 0) is 17.8 Å². The number of nitrogens with one attached hydrogen (secondary N) is 1. The highest BCUT2D eigenvalue weighted by Crippen LogP contribution is 2.31. The van der Waals surface area contributed by atoms with E-state index in [2.05, 4.69) is 16.5 Å². The Morgan fingerprint density at radius 2 is 2.24 bits per heavy atom. The lowest BCUT2D eigenvalue weighted by atomic mass is 9.96. The van der Waals surface area contributed by atoms with Gasteiger partial charge in [0.05, 0.1) is 18.7 Å². The van der Waals surface area contributed by atoms with Gasteiger partial charge >= 0.3 is 0 Å². The molecular weight excluding hydrogens is 318 g/mol. The Balaban J connectivity index is 1.46. The molecule has 25 heavy (non-hydrogen) atoms. The van der Waals surface area contributed by atoms with E-state index in [4.69, 9.17) is 9.47 Å². The van der Waals surface area contributed by atoms with Gasteiger partial charge < -0.3 is 14.8 Å². The largest absolute Gasteiger partial charge is 0.497 e. The maximum absolute atomic E-state index is 12.4. The van der Waals surface area contributed by atoms with Gasteiger partial charge in [0.25, 0.3) is 0 Å². The van der Waals surface area contributed by atoms with Crippen LogP contribution in [0, 0.1) is 19.8 Å². The van der Waals surface area contributed by atoms with Gasteiger partial charge in [-0.05, 0) is 44.4 Å². The van der Waals surface area contributed by atoms with Crippen LogP contribution in [0.1, 0.15) is 23.4 Å². The molecule has 0 bridgehead atoms. The van der Waals surface area contributed by atoms with Crippen LogP contribution in [0.2, 0.25) is 0 Å². The molecule has 3 rings (SSSR count). The van der Waals surface area contributed by atoms with Crippen molar-refractivity contribution in [1.29, 1.82) is 0 Å². The first-order valence-corrected chi connectivity index (χ1v) is 8.65.